The van der Waals surface area contributed by atoms with Crippen LogP contribution in [0.5, 0.6) is 0 Å². The molecule has 6 heteroatoms. The van der Waals surface area contributed by atoms with E-state index in [1.54, 1.807) is 0 Å². The van der Waals surface area contributed by atoms with Crippen LogP contribution < -0.4 is 0 Å². The summed E-state index contributed by atoms with van der Waals surface area (Å²) in [5, 5.41) is 5.04. The van der Waals surface area contributed by atoms with Crippen molar-refractivity contribution in [3.05, 3.63) is 0 Å². The lowest BCUT2D eigenvalue weighted by atomic mass is 10.2. The monoisotopic (exact) mass is 287 g/mol. The van der Waals surface area contributed by atoms with E-state index in [4.69, 9.17) is 0 Å². The smallest absolute Gasteiger partial charge is 0.152 e. The normalized spacial score (nSPS) is 34.6. The van der Waals surface area contributed by atoms with E-state index in [0.29, 0.717) is 17.7 Å². The molecule has 1 unspecified atom stereocenters. The molecule has 3 fully saturated rings. The van der Waals surface area contributed by atoms with E-state index < -0.39 is 9.84 Å². The molecule has 0 N–H and O–H groups in total. The van der Waals surface area contributed by atoms with Gasteiger partial charge >= 0.3 is 0 Å². The topological polar surface area (TPSA) is 43.9 Å². The van der Waals surface area contributed by atoms with Gasteiger partial charge in [-0.3, -0.25) is 4.90 Å². The lowest BCUT2D eigenvalue weighted by Crippen LogP contribution is -2.57. The van der Waals surface area contributed by atoms with Crippen LogP contribution >= 0.6 is 0 Å². The molecule has 3 heterocycles. The summed E-state index contributed by atoms with van der Waals surface area (Å²) in [6.07, 6.45) is 6.85. The third kappa shape index (κ3) is 3.12. The van der Waals surface area contributed by atoms with Gasteiger partial charge in [-0.05, 0) is 25.7 Å². The Morgan fingerprint density at radius 1 is 0.789 bits per heavy atom. The highest BCUT2D eigenvalue weighted by Gasteiger charge is 2.36. The summed E-state index contributed by atoms with van der Waals surface area (Å²) >= 11 is 0. The van der Waals surface area contributed by atoms with Crippen molar-refractivity contribution >= 4 is 9.84 Å². The molecule has 0 spiro atoms. The van der Waals surface area contributed by atoms with E-state index in [1.807, 2.05) is 0 Å². The Kier molecular flexibility index (Phi) is 4.12. The van der Waals surface area contributed by atoms with E-state index in [-0.39, 0.29) is 0 Å². The molecule has 0 bridgehead atoms. The number of hydrazine groups is 1. The molecule has 0 saturated carbocycles. The van der Waals surface area contributed by atoms with E-state index >= 15 is 0 Å². The second-order valence-electron chi connectivity index (χ2n) is 5.99. The van der Waals surface area contributed by atoms with Crippen LogP contribution in [0.1, 0.15) is 32.1 Å². The van der Waals surface area contributed by atoms with Crippen molar-refractivity contribution in [1.29, 1.82) is 0 Å². The van der Waals surface area contributed by atoms with Crippen molar-refractivity contribution in [1.82, 2.24) is 14.9 Å². The Hall–Kier alpha value is -0.170. The van der Waals surface area contributed by atoms with Crippen LogP contribution in [0.15, 0.2) is 0 Å². The van der Waals surface area contributed by atoms with Crippen LogP contribution in [0.4, 0.5) is 0 Å². The summed E-state index contributed by atoms with van der Waals surface area (Å²) in [6.45, 7) is 4.95. The molecule has 3 aliphatic rings. The highest BCUT2D eigenvalue weighted by molar-refractivity contribution is 7.91. The van der Waals surface area contributed by atoms with Crippen molar-refractivity contribution in [2.24, 2.45) is 0 Å². The summed E-state index contributed by atoms with van der Waals surface area (Å²) in [4.78, 5) is 2.39. The van der Waals surface area contributed by atoms with Crippen molar-refractivity contribution in [3.63, 3.8) is 0 Å². The molecular weight excluding hydrogens is 262 g/mol. The molecule has 0 amide bonds. The molecule has 19 heavy (non-hydrogen) atoms. The number of rotatable bonds is 2. The molecule has 0 aromatic rings. The Labute approximate surface area is 116 Å². The predicted octanol–water partition coefficient (Wildman–Crippen LogP) is 0.540. The van der Waals surface area contributed by atoms with Gasteiger partial charge in [0.1, 0.15) is 0 Å². The summed E-state index contributed by atoms with van der Waals surface area (Å²) in [5.41, 5.74) is 0. The zero-order chi connectivity index (χ0) is 13.3. The average molecular weight is 287 g/mol. The van der Waals surface area contributed by atoms with Crippen LogP contribution in [0.25, 0.3) is 0 Å². The van der Waals surface area contributed by atoms with Crippen molar-refractivity contribution in [3.8, 4) is 0 Å². The van der Waals surface area contributed by atoms with Crippen molar-refractivity contribution in [2.45, 2.75) is 38.3 Å². The second kappa shape index (κ2) is 5.68. The molecule has 0 aromatic heterocycles. The Morgan fingerprint density at radius 3 is 2.16 bits per heavy atom. The fourth-order valence-corrected chi connectivity index (χ4v) is 4.82. The molecule has 0 aliphatic carbocycles. The minimum Gasteiger partial charge on any atom is -0.285 e. The maximum atomic E-state index is 11.5. The van der Waals surface area contributed by atoms with E-state index in [0.717, 1.165) is 19.6 Å². The molecule has 3 aliphatic heterocycles. The quantitative estimate of drug-likeness (QED) is 0.742. The maximum absolute atomic E-state index is 11.5. The molecule has 0 radical (unpaired) electrons. The minimum absolute atomic E-state index is 0.345. The van der Waals surface area contributed by atoms with E-state index in [2.05, 4.69) is 14.9 Å². The first-order valence-electron chi connectivity index (χ1n) is 7.62. The van der Waals surface area contributed by atoms with Gasteiger partial charge in [-0.2, -0.15) is 0 Å². The molecular formula is C13H25N3O2S. The number of hydrogen-bond donors (Lipinski definition) is 0. The van der Waals surface area contributed by atoms with Gasteiger partial charge in [0.2, 0.25) is 0 Å². The first-order chi connectivity index (χ1) is 9.16. The zero-order valence-electron chi connectivity index (χ0n) is 11.6. The van der Waals surface area contributed by atoms with Crippen molar-refractivity contribution in [2.75, 3.05) is 44.2 Å². The van der Waals surface area contributed by atoms with Gasteiger partial charge in [-0.25, -0.2) is 18.4 Å². The first-order valence-corrected chi connectivity index (χ1v) is 9.44. The largest absolute Gasteiger partial charge is 0.285 e. The molecule has 3 rings (SSSR count). The molecule has 1 atom stereocenters. The van der Waals surface area contributed by atoms with Crippen LogP contribution in [-0.4, -0.2) is 73.7 Å². The van der Waals surface area contributed by atoms with Crippen LogP contribution in [0.2, 0.25) is 0 Å². The van der Waals surface area contributed by atoms with Crippen LogP contribution in [0, 0.1) is 0 Å². The summed E-state index contributed by atoms with van der Waals surface area (Å²) in [6, 6.07) is 0. The van der Waals surface area contributed by atoms with Crippen LogP contribution in [-0.2, 0) is 9.84 Å². The molecule has 0 aromatic carbocycles. The predicted molar refractivity (Wildman–Crippen MR) is 75.4 cm³/mol. The number of piperidine rings is 1. The van der Waals surface area contributed by atoms with Gasteiger partial charge in [0.05, 0.1) is 17.7 Å². The van der Waals surface area contributed by atoms with Gasteiger partial charge in [-0.1, -0.05) is 6.42 Å². The molecule has 5 nitrogen and oxygen atoms in total. The molecule has 110 valence electrons. The SMILES string of the molecule is O=S1(=O)CCN(C2CCCN2N2CCCCC2)CC1. The molecule has 3 saturated heterocycles. The van der Waals surface area contributed by atoms with Gasteiger partial charge in [0.15, 0.2) is 9.84 Å². The Bertz CT molecular complexity index is 392. The minimum atomic E-state index is -2.76. The maximum Gasteiger partial charge on any atom is 0.152 e. The standard InChI is InChI=1S/C13H25N3O2S/c17-19(18)11-9-14(10-12-19)13-5-4-8-16(13)15-6-2-1-3-7-15/h13H,1-12H2. The highest BCUT2D eigenvalue weighted by atomic mass is 32.2. The third-order valence-corrected chi connectivity index (χ3v) is 6.30. The Balaban J connectivity index is 1.63. The number of nitrogens with zero attached hydrogens (tertiary/aromatic N) is 3. The van der Waals surface area contributed by atoms with Crippen molar-refractivity contribution < 1.29 is 8.42 Å². The van der Waals surface area contributed by atoms with E-state index in [1.165, 1.54) is 45.2 Å². The highest BCUT2D eigenvalue weighted by Crippen LogP contribution is 2.26. The fourth-order valence-electron chi connectivity index (χ4n) is 3.59. The van der Waals surface area contributed by atoms with Gasteiger partial charge < -0.3 is 0 Å². The van der Waals surface area contributed by atoms with Gasteiger partial charge in [0.25, 0.3) is 0 Å². The lowest BCUT2D eigenvalue weighted by Gasteiger charge is -2.43. The van der Waals surface area contributed by atoms with Crippen LogP contribution in [0.3, 0.4) is 0 Å². The van der Waals surface area contributed by atoms with Gasteiger partial charge in [-0.15, -0.1) is 0 Å². The number of sulfone groups is 1. The van der Waals surface area contributed by atoms with E-state index in [9.17, 15) is 8.42 Å². The third-order valence-electron chi connectivity index (χ3n) is 4.69. The second-order valence-corrected chi connectivity index (χ2v) is 8.29. The number of hydrogen-bond acceptors (Lipinski definition) is 5. The lowest BCUT2D eigenvalue weighted by molar-refractivity contribution is -0.0963. The average Bonchev–Trinajstić information content (AvgIpc) is 2.89. The summed E-state index contributed by atoms with van der Waals surface area (Å²) in [7, 11) is -2.76. The Morgan fingerprint density at radius 2 is 1.47 bits per heavy atom. The first kappa shape index (κ1) is 13.8. The zero-order valence-corrected chi connectivity index (χ0v) is 12.4. The summed E-state index contributed by atoms with van der Waals surface area (Å²) < 4.78 is 23.1. The van der Waals surface area contributed by atoms with Gasteiger partial charge in [0, 0.05) is 32.7 Å². The summed E-state index contributed by atoms with van der Waals surface area (Å²) in [5.74, 6) is 0.689. The fraction of sp³-hybridized carbons (Fsp3) is 1.00.